The minimum Gasteiger partial charge on any atom is -0.480 e. The first kappa shape index (κ1) is 9.98. The van der Waals surface area contributed by atoms with E-state index in [2.05, 4.69) is 4.99 Å². The Hall–Kier alpha value is -0.550. The molecule has 78 valence electrons. The van der Waals surface area contributed by atoms with Gasteiger partial charge < -0.3 is 9.84 Å². The van der Waals surface area contributed by atoms with Crippen molar-refractivity contribution in [1.82, 2.24) is 0 Å². The average Bonchev–Trinajstić information content (AvgIpc) is 2.75. The van der Waals surface area contributed by atoms with E-state index in [-0.39, 0.29) is 6.10 Å². The van der Waals surface area contributed by atoms with Gasteiger partial charge >= 0.3 is 5.97 Å². The largest absolute Gasteiger partial charge is 0.480 e. The summed E-state index contributed by atoms with van der Waals surface area (Å²) in [5, 5.41) is 9.69. The van der Waals surface area contributed by atoms with Crippen molar-refractivity contribution < 1.29 is 14.6 Å². The Bertz CT molecular complexity index is 261. The molecule has 5 heteroatoms. The van der Waals surface area contributed by atoms with Crippen molar-refractivity contribution in [2.45, 2.75) is 31.4 Å². The molecule has 2 aliphatic rings. The van der Waals surface area contributed by atoms with Crippen molar-refractivity contribution in [3.8, 4) is 0 Å². The summed E-state index contributed by atoms with van der Waals surface area (Å²) >= 11 is 1.55. The van der Waals surface area contributed by atoms with Crippen LogP contribution in [0, 0.1) is 0 Å². The maximum absolute atomic E-state index is 10.6. The normalized spacial score (nSPS) is 31.9. The second kappa shape index (κ2) is 4.31. The third-order valence-electron chi connectivity index (χ3n) is 2.42. The highest BCUT2D eigenvalue weighted by molar-refractivity contribution is 8.14. The maximum atomic E-state index is 10.6. The highest BCUT2D eigenvalue weighted by atomic mass is 32.2. The molecule has 0 bridgehead atoms. The topological polar surface area (TPSA) is 58.9 Å². The summed E-state index contributed by atoms with van der Waals surface area (Å²) in [6, 6.07) is -0.531. The zero-order chi connectivity index (χ0) is 9.97. The fourth-order valence-electron chi connectivity index (χ4n) is 1.66. The number of hydrogen-bond acceptors (Lipinski definition) is 4. The van der Waals surface area contributed by atoms with Crippen molar-refractivity contribution in [3.05, 3.63) is 0 Å². The molecule has 2 rings (SSSR count). The molecule has 14 heavy (non-hydrogen) atoms. The number of aliphatic imine (C=N–C) groups is 1. The van der Waals surface area contributed by atoms with Crippen molar-refractivity contribution >= 4 is 22.8 Å². The second-order valence-corrected chi connectivity index (χ2v) is 4.62. The van der Waals surface area contributed by atoms with Crippen LogP contribution in [0.3, 0.4) is 0 Å². The third kappa shape index (κ3) is 2.27. The first-order valence-electron chi connectivity index (χ1n) is 4.79. The lowest BCUT2D eigenvalue weighted by Crippen LogP contribution is -2.17. The minimum absolute atomic E-state index is 0.272. The number of hydrogen-bond donors (Lipinski definition) is 1. The Balaban J connectivity index is 1.86. The Labute approximate surface area is 86.7 Å². The summed E-state index contributed by atoms with van der Waals surface area (Å²) in [6.45, 7) is 0.838. The molecule has 0 aromatic heterocycles. The van der Waals surface area contributed by atoms with Crippen LogP contribution >= 0.6 is 11.8 Å². The van der Waals surface area contributed by atoms with Crippen molar-refractivity contribution in [1.29, 1.82) is 0 Å². The van der Waals surface area contributed by atoms with Crippen LogP contribution in [0.5, 0.6) is 0 Å². The van der Waals surface area contributed by atoms with Gasteiger partial charge in [-0.3, -0.25) is 4.99 Å². The summed E-state index contributed by atoms with van der Waals surface area (Å²) < 4.78 is 5.47. The summed E-state index contributed by atoms with van der Waals surface area (Å²) in [5.74, 6) is -0.239. The maximum Gasteiger partial charge on any atom is 0.329 e. The first-order chi connectivity index (χ1) is 6.75. The van der Waals surface area contributed by atoms with Crippen molar-refractivity contribution in [3.63, 3.8) is 0 Å². The number of nitrogens with zero attached hydrogens (tertiary/aromatic N) is 1. The highest BCUT2D eigenvalue weighted by Gasteiger charge is 2.27. The van der Waals surface area contributed by atoms with Gasteiger partial charge in [-0.05, 0) is 12.8 Å². The Morgan fingerprint density at radius 1 is 1.71 bits per heavy atom. The monoisotopic (exact) mass is 215 g/mol. The van der Waals surface area contributed by atoms with E-state index in [9.17, 15) is 4.79 Å². The summed E-state index contributed by atoms with van der Waals surface area (Å²) in [5.41, 5.74) is 0. The van der Waals surface area contributed by atoms with Crippen LogP contribution in [0.4, 0.5) is 0 Å². The van der Waals surface area contributed by atoms with E-state index in [1.54, 1.807) is 11.8 Å². The van der Waals surface area contributed by atoms with Gasteiger partial charge in [-0.25, -0.2) is 4.79 Å². The van der Waals surface area contributed by atoms with E-state index in [1.807, 2.05) is 0 Å². The molecule has 0 aliphatic carbocycles. The fourth-order valence-corrected chi connectivity index (χ4v) is 2.73. The van der Waals surface area contributed by atoms with Crippen LogP contribution in [0.1, 0.15) is 19.3 Å². The predicted molar refractivity (Wildman–Crippen MR) is 54.9 cm³/mol. The zero-order valence-corrected chi connectivity index (χ0v) is 8.63. The number of carboxylic acids is 1. The summed E-state index contributed by atoms with van der Waals surface area (Å²) in [7, 11) is 0. The van der Waals surface area contributed by atoms with Gasteiger partial charge in [-0.2, -0.15) is 0 Å². The number of thioether (sulfide) groups is 1. The van der Waals surface area contributed by atoms with E-state index in [4.69, 9.17) is 9.84 Å². The van der Waals surface area contributed by atoms with Gasteiger partial charge in [-0.15, -0.1) is 11.8 Å². The molecule has 2 aliphatic heterocycles. The molecule has 1 saturated heterocycles. The van der Waals surface area contributed by atoms with E-state index in [1.165, 1.54) is 0 Å². The summed E-state index contributed by atoms with van der Waals surface area (Å²) in [4.78, 5) is 14.8. The van der Waals surface area contributed by atoms with Crippen molar-refractivity contribution in [2.24, 2.45) is 4.99 Å². The van der Waals surface area contributed by atoms with Gasteiger partial charge in [0, 0.05) is 18.8 Å². The Morgan fingerprint density at radius 2 is 2.57 bits per heavy atom. The van der Waals surface area contributed by atoms with Crippen LogP contribution in [-0.4, -0.2) is 40.6 Å². The molecule has 0 amide bonds. The van der Waals surface area contributed by atoms with E-state index < -0.39 is 12.0 Å². The molecule has 2 heterocycles. The van der Waals surface area contributed by atoms with E-state index >= 15 is 0 Å². The molecule has 0 aromatic rings. The fraction of sp³-hybridized carbons (Fsp3) is 0.778. The second-order valence-electron chi connectivity index (χ2n) is 3.53. The highest BCUT2D eigenvalue weighted by Crippen LogP contribution is 2.25. The molecule has 0 radical (unpaired) electrons. The zero-order valence-electron chi connectivity index (χ0n) is 7.81. The van der Waals surface area contributed by atoms with Crippen molar-refractivity contribution in [2.75, 3.05) is 12.4 Å². The number of rotatable bonds is 3. The van der Waals surface area contributed by atoms with Crippen LogP contribution < -0.4 is 0 Å². The number of carbonyl (C=O) groups is 1. The summed E-state index contributed by atoms with van der Waals surface area (Å²) in [6.07, 6.45) is 3.27. The molecular weight excluding hydrogens is 202 g/mol. The van der Waals surface area contributed by atoms with Gasteiger partial charge in [0.1, 0.15) is 0 Å². The Morgan fingerprint density at radius 3 is 3.14 bits per heavy atom. The molecular formula is C9H13NO3S. The SMILES string of the molecule is O=C(O)C1CSC(CC2CCCO2)=N1. The van der Waals surface area contributed by atoms with E-state index in [0.717, 1.165) is 30.9 Å². The van der Waals surface area contributed by atoms with Crippen LogP contribution in [0.15, 0.2) is 4.99 Å². The molecule has 2 atom stereocenters. The van der Waals surface area contributed by atoms with Gasteiger partial charge in [0.2, 0.25) is 0 Å². The van der Waals surface area contributed by atoms with E-state index in [0.29, 0.717) is 5.75 Å². The Kier molecular flexibility index (Phi) is 3.08. The molecule has 0 aromatic carbocycles. The molecule has 1 N–H and O–H groups in total. The number of ether oxygens (including phenoxy) is 1. The number of aliphatic carboxylic acids is 1. The molecule has 1 fully saturated rings. The molecule has 0 saturated carbocycles. The van der Waals surface area contributed by atoms with Gasteiger partial charge in [0.25, 0.3) is 0 Å². The first-order valence-corrected chi connectivity index (χ1v) is 5.78. The smallest absolute Gasteiger partial charge is 0.329 e. The third-order valence-corrected chi connectivity index (χ3v) is 3.51. The average molecular weight is 215 g/mol. The lowest BCUT2D eigenvalue weighted by atomic mass is 10.2. The van der Waals surface area contributed by atoms with Gasteiger partial charge in [0.15, 0.2) is 6.04 Å². The molecule has 2 unspecified atom stereocenters. The van der Waals surface area contributed by atoms with Gasteiger partial charge in [-0.1, -0.05) is 0 Å². The lowest BCUT2D eigenvalue weighted by molar-refractivity contribution is -0.137. The molecule has 4 nitrogen and oxygen atoms in total. The van der Waals surface area contributed by atoms with Crippen LogP contribution in [0.2, 0.25) is 0 Å². The standard InChI is InChI=1S/C9H13NO3S/c11-9(12)7-5-14-8(10-7)4-6-2-1-3-13-6/h6-7H,1-5H2,(H,11,12). The lowest BCUT2D eigenvalue weighted by Gasteiger charge is -2.07. The minimum atomic E-state index is -0.820. The quantitative estimate of drug-likeness (QED) is 0.767. The van der Waals surface area contributed by atoms with Gasteiger partial charge in [0.05, 0.1) is 11.1 Å². The van der Waals surface area contributed by atoms with Crippen LogP contribution in [-0.2, 0) is 9.53 Å². The predicted octanol–water partition coefficient (Wildman–Crippen LogP) is 1.15. The number of carboxylic acid groups (broad SMARTS) is 1. The van der Waals surface area contributed by atoms with Crippen LogP contribution in [0.25, 0.3) is 0 Å². The molecule has 0 spiro atoms.